The molecule has 0 unspecified atom stereocenters. The summed E-state index contributed by atoms with van der Waals surface area (Å²) < 4.78 is 2.58. The Labute approximate surface area is 129 Å². The van der Waals surface area contributed by atoms with Gasteiger partial charge in [0.1, 0.15) is 12.9 Å². The fraction of sp³-hybridized carbons (Fsp3) is 0.154. The molecule has 0 radical (unpaired) electrons. The zero-order chi connectivity index (χ0) is 15.7. The van der Waals surface area contributed by atoms with Crippen molar-refractivity contribution >= 4 is 34.4 Å². The van der Waals surface area contributed by atoms with Gasteiger partial charge in [-0.2, -0.15) is 0 Å². The first-order chi connectivity index (χ1) is 10.5. The first-order valence-corrected chi connectivity index (χ1v) is 6.72. The van der Waals surface area contributed by atoms with E-state index < -0.39 is 5.56 Å². The molecule has 1 N–H and O–H groups in total. The molecule has 22 heavy (non-hydrogen) atoms. The number of benzene rings is 1. The van der Waals surface area contributed by atoms with Crippen LogP contribution in [0.2, 0.25) is 5.02 Å². The van der Waals surface area contributed by atoms with Crippen LogP contribution in [0.15, 0.2) is 35.4 Å². The number of hydrogen-bond donors (Lipinski definition) is 1. The Morgan fingerprint density at radius 2 is 2.05 bits per heavy atom. The van der Waals surface area contributed by atoms with Gasteiger partial charge < -0.3 is 5.32 Å². The van der Waals surface area contributed by atoms with Gasteiger partial charge in [0.25, 0.3) is 5.56 Å². The van der Waals surface area contributed by atoms with Gasteiger partial charge in [-0.25, -0.2) is 9.67 Å². The maximum absolute atomic E-state index is 12.2. The molecule has 112 valence electrons. The summed E-state index contributed by atoms with van der Waals surface area (Å²) in [7, 11) is 1.64. The Morgan fingerprint density at radius 3 is 2.77 bits per heavy atom. The first-order valence-electron chi connectivity index (χ1n) is 6.35. The molecule has 0 fully saturated rings. The number of aryl methyl sites for hydroxylation is 1. The monoisotopic (exact) mass is 318 g/mol. The summed E-state index contributed by atoms with van der Waals surface area (Å²) in [5.41, 5.74) is 0.684. The average molecular weight is 319 g/mol. The molecule has 1 amide bonds. The van der Waals surface area contributed by atoms with E-state index in [1.165, 1.54) is 15.6 Å². The van der Waals surface area contributed by atoms with E-state index in [9.17, 15) is 9.59 Å². The van der Waals surface area contributed by atoms with Gasteiger partial charge in [-0.1, -0.05) is 16.8 Å². The molecular weight excluding hydrogens is 308 g/mol. The van der Waals surface area contributed by atoms with Gasteiger partial charge in [-0.3, -0.25) is 14.2 Å². The molecule has 9 heteroatoms. The average Bonchev–Trinajstić information content (AvgIpc) is 2.87. The van der Waals surface area contributed by atoms with Crippen molar-refractivity contribution in [3.05, 3.63) is 46.0 Å². The molecule has 3 rings (SSSR count). The van der Waals surface area contributed by atoms with Crippen LogP contribution in [0, 0.1) is 0 Å². The number of nitrogens with zero attached hydrogens (tertiary/aromatic N) is 5. The molecule has 0 bridgehead atoms. The third kappa shape index (κ3) is 2.68. The summed E-state index contributed by atoms with van der Waals surface area (Å²) in [5.74, 6) is -0.352. The number of rotatable bonds is 3. The molecule has 1 aromatic carbocycles. The topological polar surface area (TPSA) is 94.7 Å². The zero-order valence-electron chi connectivity index (χ0n) is 11.5. The summed E-state index contributed by atoms with van der Waals surface area (Å²) in [6.45, 7) is -0.166. The van der Waals surface area contributed by atoms with E-state index >= 15 is 0 Å². The van der Waals surface area contributed by atoms with Crippen LogP contribution in [0.3, 0.4) is 0 Å². The summed E-state index contributed by atoms with van der Waals surface area (Å²) in [4.78, 5) is 28.2. The summed E-state index contributed by atoms with van der Waals surface area (Å²) in [6.07, 6.45) is 1.30. The van der Waals surface area contributed by atoms with Crippen LogP contribution in [0.5, 0.6) is 0 Å². The maximum Gasteiger partial charge on any atom is 0.283 e. The highest BCUT2D eigenvalue weighted by Crippen LogP contribution is 2.13. The standard InChI is InChI=1S/C13H11ClN6O2/c1-19-12-11(17-18-19)13(22)20(7-15-12)6-10(21)16-9-4-2-8(14)3-5-9/h2-5,7H,6H2,1H3,(H,16,21). The molecular formula is C13H11ClN6O2. The molecule has 0 saturated heterocycles. The van der Waals surface area contributed by atoms with Gasteiger partial charge in [-0.15, -0.1) is 5.10 Å². The van der Waals surface area contributed by atoms with Crippen LogP contribution in [0.4, 0.5) is 5.69 Å². The van der Waals surface area contributed by atoms with E-state index in [0.717, 1.165) is 0 Å². The quantitative estimate of drug-likeness (QED) is 0.771. The highest BCUT2D eigenvalue weighted by Gasteiger charge is 2.12. The van der Waals surface area contributed by atoms with Crippen molar-refractivity contribution in [1.29, 1.82) is 0 Å². The highest BCUT2D eigenvalue weighted by molar-refractivity contribution is 6.30. The molecule has 2 aromatic heterocycles. The lowest BCUT2D eigenvalue weighted by Gasteiger charge is -2.07. The number of carbonyl (C=O) groups excluding carboxylic acids is 1. The van der Waals surface area contributed by atoms with Gasteiger partial charge in [0.05, 0.1) is 0 Å². The van der Waals surface area contributed by atoms with Crippen molar-refractivity contribution in [2.45, 2.75) is 6.54 Å². The van der Waals surface area contributed by atoms with Crippen LogP contribution < -0.4 is 10.9 Å². The van der Waals surface area contributed by atoms with Crippen LogP contribution >= 0.6 is 11.6 Å². The third-order valence-electron chi connectivity index (χ3n) is 3.02. The lowest BCUT2D eigenvalue weighted by molar-refractivity contribution is -0.116. The number of fused-ring (bicyclic) bond motifs is 1. The fourth-order valence-corrected chi connectivity index (χ4v) is 2.08. The van der Waals surface area contributed by atoms with Crippen LogP contribution in [-0.2, 0) is 18.4 Å². The van der Waals surface area contributed by atoms with E-state index in [2.05, 4.69) is 20.6 Å². The minimum absolute atomic E-state index is 0.129. The number of hydrogen-bond acceptors (Lipinski definition) is 5. The van der Waals surface area contributed by atoms with Crippen molar-refractivity contribution in [2.75, 3.05) is 5.32 Å². The Morgan fingerprint density at radius 1 is 1.32 bits per heavy atom. The molecule has 0 atom stereocenters. The van der Waals surface area contributed by atoms with Crippen LogP contribution in [0.1, 0.15) is 0 Å². The van der Waals surface area contributed by atoms with E-state index in [0.29, 0.717) is 16.4 Å². The van der Waals surface area contributed by atoms with Gasteiger partial charge in [0, 0.05) is 17.8 Å². The minimum Gasteiger partial charge on any atom is -0.325 e. The zero-order valence-corrected chi connectivity index (χ0v) is 12.3. The molecule has 8 nitrogen and oxygen atoms in total. The minimum atomic E-state index is -0.413. The lowest BCUT2D eigenvalue weighted by Crippen LogP contribution is -2.28. The van der Waals surface area contributed by atoms with Crippen LogP contribution in [0.25, 0.3) is 11.2 Å². The highest BCUT2D eigenvalue weighted by atomic mass is 35.5. The number of carbonyl (C=O) groups is 1. The van der Waals surface area contributed by atoms with Gasteiger partial charge in [0.15, 0.2) is 11.2 Å². The molecule has 2 heterocycles. The maximum atomic E-state index is 12.2. The third-order valence-corrected chi connectivity index (χ3v) is 3.27. The Hall–Kier alpha value is -2.74. The van der Waals surface area contributed by atoms with E-state index in [1.54, 1.807) is 31.3 Å². The number of amides is 1. The number of halogens is 1. The predicted octanol–water partition coefficient (Wildman–Crippen LogP) is 0.817. The second kappa shape index (κ2) is 5.57. The number of nitrogens with one attached hydrogen (secondary N) is 1. The van der Waals surface area contributed by atoms with Gasteiger partial charge in [0.2, 0.25) is 5.91 Å². The normalized spacial score (nSPS) is 10.8. The lowest BCUT2D eigenvalue weighted by atomic mass is 10.3. The summed E-state index contributed by atoms with van der Waals surface area (Å²) >= 11 is 5.77. The SMILES string of the molecule is Cn1nnc2c(=O)n(CC(=O)Nc3ccc(Cl)cc3)cnc21. The molecule has 0 spiro atoms. The fourth-order valence-electron chi connectivity index (χ4n) is 1.95. The largest absolute Gasteiger partial charge is 0.325 e. The summed E-state index contributed by atoms with van der Waals surface area (Å²) in [5, 5.41) is 10.7. The smallest absolute Gasteiger partial charge is 0.283 e. The molecule has 0 aliphatic heterocycles. The molecule has 0 aliphatic carbocycles. The Balaban J connectivity index is 1.80. The van der Waals surface area contributed by atoms with E-state index in [4.69, 9.17) is 11.6 Å². The van der Waals surface area contributed by atoms with Gasteiger partial charge >= 0.3 is 0 Å². The number of anilines is 1. The second-order valence-corrected chi connectivity index (χ2v) is 5.05. The van der Waals surface area contributed by atoms with Crippen molar-refractivity contribution in [1.82, 2.24) is 24.5 Å². The molecule has 0 aliphatic rings. The Bertz CT molecular complexity index is 899. The predicted molar refractivity (Wildman–Crippen MR) is 80.6 cm³/mol. The first kappa shape index (κ1) is 14.2. The summed E-state index contributed by atoms with van der Waals surface area (Å²) in [6, 6.07) is 6.67. The molecule has 0 saturated carbocycles. The van der Waals surface area contributed by atoms with Crippen molar-refractivity contribution in [3.63, 3.8) is 0 Å². The van der Waals surface area contributed by atoms with Crippen molar-refractivity contribution < 1.29 is 4.79 Å². The van der Waals surface area contributed by atoms with Crippen molar-refractivity contribution in [2.24, 2.45) is 7.05 Å². The van der Waals surface area contributed by atoms with Crippen molar-refractivity contribution in [3.8, 4) is 0 Å². The second-order valence-electron chi connectivity index (χ2n) is 4.62. The van der Waals surface area contributed by atoms with E-state index in [1.807, 2.05) is 0 Å². The molecule has 3 aromatic rings. The van der Waals surface area contributed by atoms with E-state index in [-0.39, 0.29) is 18.0 Å². The number of aromatic nitrogens is 5. The van der Waals surface area contributed by atoms with Crippen LogP contribution in [-0.4, -0.2) is 30.5 Å². The van der Waals surface area contributed by atoms with Gasteiger partial charge in [-0.05, 0) is 24.3 Å². The Kier molecular flexibility index (Phi) is 3.60.